The molecule has 0 aliphatic carbocycles. The number of hydrogen-bond acceptors (Lipinski definition) is 5. The highest BCUT2D eigenvalue weighted by molar-refractivity contribution is 7.89. The molecule has 1 amide bonds. The summed E-state index contributed by atoms with van der Waals surface area (Å²) >= 11 is 0. The summed E-state index contributed by atoms with van der Waals surface area (Å²) in [6.45, 7) is 3.08. The lowest BCUT2D eigenvalue weighted by Crippen LogP contribution is -2.47. The molecular formula is C17H27N3O4S. The van der Waals surface area contributed by atoms with Crippen molar-refractivity contribution in [2.45, 2.75) is 36.7 Å². The number of carbonyl (C=O) groups is 1. The number of sulfonamides is 1. The van der Waals surface area contributed by atoms with Crippen LogP contribution in [-0.4, -0.2) is 52.0 Å². The van der Waals surface area contributed by atoms with E-state index in [2.05, 4.69) is 5.32 Å². The first kappa shape index (κ1) is 19.8. The zero-order chi connectivity index (χ0) is 18.6. The molecule has 3 N–H and O–H groups in total. The number of nitrogens with one attached hydrogen (secondary N) is 1. The molecule has 1 heterocycles. The molecule has 0 saturated carbocycles. The molecule has 0 bridgehead atoms. The summed E-state index contributed by atoms with van der Waals surface area (Å²) in [6, 6.07) is 5.67. The van der Waals surface area contributed by atoms with Crippen molar-refractivity contribution in [3.63, 3.8) is 0 Å². The molecule has 0 aromatic heterocycles. The average molecular weight is 369 g/mol. The van der Waals surface area contributed by atoms with Gasteiger partial charge in [0, 0.05) is 27.3 Å². The van der Waals surface area contributed by atoms with Gasteiger partial charge in [0.05, 0.1) is 17.0 Å². The van der Waals surface area contributed by atoms with Crippen LogP contribution in [0.2, 0.25) is 0 Å². The maximum Gasteiger partial charge on any atom is 0.242 e. The quantitative estimate of drug-likeness (QED) is 0.775. The van der Waals surface area contributed by atoms with Crippen molar-refractivity contribution in [3.8, 4) is 0 Å². The van der Waals surface area contributed by atoms with Crippen LogP contribution in [-0.2, 0) is 19.6 Å². The van der Waals surface area contributed by atoms with Gasteiger partial charge in [-0.2, -0.15) is 0 Å². The third-order valence-electron chi connectivity index (χ3n) is 4.57. The van der Waals surface area contributed by atoms with E-state index in [9.17, 15) is 13.2 Å². The Labute approximate surface area is 149 Å². The molecule has 2 atom stereocenters. The summed E-state index contributed by atoms with van der Waals surface area (Å²) < 4.78 is 31.0. The Balaban J connectivity index is 2.07. The minimum absolute atomic E-state index is 0.112. The van der Waals surface area contributed by atoms with Crippen LogP contribution in [0.4, 0.5) is 0 Å². The molecule has 25 heavy (non-hydrogen) atoms. The van der Waals surface area contributed by atoms with E-state index in [0.717, 1.165) is 22.7 Å². The van der Waals surface area contributed by atoms with Gasteiger partial charge in [-0.1, -0.05) is 12.1 Å². The summed E-state index contributed by atoms with van der Waals surface area (Å²) in [4.78, 5) is 12.6. The average Bonchev–Trinajstić information content (AvgIpc) is 2.61. The Bertz CT molecular complexity index is 700. The number of ether oxygens (including phenoxy) is 1. The Morgan fingerprint density at radius 1 is 1.32 bits per heavy atom. The van der Waals surface area contributed by atoms with E-state index in [1.54, 1.807) is 24.3 Å². The van der Waals surface area contributed by atoms with E-state index in [-0.39, 0.29) is 22.8 Å². The van der Waals surface area contributed by atoms with Gasteiger partial charge in [-0.25, -0.2) is 12.7 Å². The van der Waals surface area contributed by atoms with Crippen molar-refractivity contribution < 1.29 is 17.9 Å². The van der Waals surface area contributed by atoms with Gasteiger partial charge in [-0.05, 0) is 43.4 Å². The van der Waals surface area contributed by atoms with Crippen molar-refractivity contribution in [2.75, 3.05) is 27.3 Å². The van der Waals surface area contributed by atoms with Crippen LogP contribution in [0, 0.1) is 5.92 Å². The fraction of sp³-hybridized carbons (Fsp3) is 0.588. The fourth-order valence-corrected chi connectivity index (χ4v) is 3.79. The van der Waals surface area contributed by atoms with Gasteiger partial charge in [-0.3, -0.25) is 4.79 Å². The number of carbonyl (C=O) groups excluding carboxylic acids is 1. The van der Waals surface area contributed by atoms with Crippen molar-refractivity contribution >= 4 is 15.9 Å². The summed E-state index contributed by atoms with van der Waals surface area (Å²) in [5.41, 5.74) is 6.81. The zero-order valence-electron chi connectivity index (χ0n) is 14.9. The molecule has 2 unspecified atom stereocenters. The minimum Gasteiger partial charge on any atom is -0.381 e. The highest BCUT2D eigenvalue weighted by atomic mass is 32.2. The number of nitrogens with two attached hydrogens (primary N) is 1. The molecule has 1 aromatic rings. The van der Waals surface area contributed by atoms with E-state index in [1.807, 2.05) is 6.92 Å². The maximum absolute atomic E-state index is 12.4. The second-order valence-electron chi connectivity index (χ2n) is 6.57. The van der Waals surface area contributed by atoms with Gasteiger partial charge in [-0.15, -0.1) is 0 Å². The molecule has 1 aliphatic rings. The molecule has 1 saturated heterocycles. The summed E-state index contributed by atoms with van der Waals surface area (Å²) in [5, 5.41) is 2.89. The van der Waals surface area contributed by atoms with Crippen LogP contribution < -0.4 is 11.1 Å². The van der Waals surface area contributed by atoms with Crippen molar-refractivity contribution in [3.05, 3.63) is 29.8 Å². The van der Waals surface area contributed by atoms with Crippen molar-refractivity contribution in [1.82, 2.24) is 9.62 Å². The molecule has 2 rings (SSSR count). The second-order valence-corrected chi connectivity index (χ2v) is 8.72. The van der Waals surface area contributed by atoms with E-state index in [0.29, 0.717) is 13.2 Å². The standard InChI is InChI=1S/C17H27N3O4S/c1-12(19-17(21)16(18)13-7-9-24-10-8-13)14-5-4-6-15(11-14)25(22,23)20(2)3/h4-6,11-13,16H,7-10,18H2,1-3H3,(H,19,21). The van der Waals surface area contributed by atoms with E-state index in [4.69, 9.17) is 10.5 Å². The second kappa shape index (κ2) is 8.27. The van der Waals surface area contributed by atoms with Gasteiger partial charge in [0.1, 0.15) is 0 Å². The molecule has 1 aromatic carbocycles. The third-order valence-corrected chi connectivity index (χ3v) is 6.38. The molecule has 140 valence electrons. The van der Waals surface area contributed by atoms with E-state index in [1.165, 1.54) is 14.1 Å². The van der Waals surface area contributed by atoms with Crippen LogP contribution in [0.1, 0.15) is 31.4 Å². The van der Waals surface area contributed by atoms with Crippen molar-refractivity contribution in [1.29, 1.82) is 0 Å². The van der Waals surface area contributed by atoms with E-state index < -0.39 is 16.1 Å². The first-order chi connectivity index (χ1) is 11.7. The lowest BCUT2D eigenvalue weighted by atomic mass is 9.91. The van der Waals surface area contributed by atoms with Crippen LogP contribution in [0.3, 0.4) is 0 Å². The van der Waals surface area contributed by atoms with Crippen LogP contribution in [0.25, 0.3) is 0 Å². The number of hydrogen-bond donors (Lipinski definition) is 2. The van der Waals surface area contributed by atoms with E-state index >= 15 is 0 Å². The van der Waals surface area contributed by atoms with Crippen molar-refractivity contribution in [2.24, 2.45) is 11.7 Å². The lowest BCUT2D eigenvalue weighted by molar-refractivity contribution is -0.125. The fourth-order valence-electron chi connectivity index (χ4n) is 2.84. The predicted octanol–water partition coefficient (Wildman–Crippen LogP) is 0.868. The van der Waals surface area contributed by atoms with Crippen LogP contribution in [0.5, 0.6) is 0 Å². The third kappa shape index (κ3) is 4.78. The van der Waals surface area contributed by atoms with Gasteiger partial charge in [0.2, 0.25) is 15.9 Å². The number of nitrogens with zero attached hydrogens (tertiary/aromatic N) is 1. The molecule has 7 nitrogen and oxygen atoms in total. The Hall–Kier alpha value is -1.48. The number of amides is 1. The molecule has 1 fully saturated rings. The Morgan fingerprint density at radius 2 is 1.96 bits per heavy atom. The highest BCUT2D eigenvalue weighted by Crippen LogP contribution is 2.21. The Kier molecular flexibility index (Phi) is 6.56. The first-order valence-electron chi connectivity index (χ1n) is 8.39. The molecule has 0 radical (unpaired) electrons. The SMILES string of the molecule is CC(NC(=O)C(N)C1CCOCC1)c1cccc(S(=O)(=O)N(C)C)c1. The topological polar surface area (TPSA) is 102 Å². The summed E-state index contributed by atoms with van der Waals surface area (Å²) in [5.74, 6) is -0.110. The zero-order valence-corrected chi connectivity index (χ0v) is 15.8. The normalized spacial score (nSPS) is 18.8. The molecule has 0 spiro atoms. The van der Waals surface area contributed by atoms with Gasteiger partial charge in [0.15, 0.2) is 0 Å². The number of rotatable bonds is 6. The van der Waals surface area contributed by atoms with Crippen LogP contribution >= 0.6 is 0 Å². The van der Waals surface area contributed by atoms with Gasteiger partial charge in [0.25, 0.3) is 0 Å². The van der Waals surface area contributed by atoms with Gasteiger partial charge < -0.3 is 15.8 Å². The highest BCUT2D eigenvalue weighted by Gasteiger charge is 2.27. The lowest BCUT2D eigenvalue weighted by Gasteiger charge is -2.28. The molecule has 8 heteroatoms. The summed E-state index contributed by atoms with van der Waals surface area (Å²) in [6.07, 6.45) is 1.55. The number of benzene rings is 1. The monoisotopic (exact) mass is 369 g/mol. The smallest absolute Gasteiger partial charge is 0.242 e. The predicted molar refractivity (Wildman–Crippen MR) is 95.4 cm³/mol. The Morgan fingerprint density at radius 3 is 2.56 bits per heavy atom. The molecular weight excluding hydrogens is 342 g/mol. The van der Waals surface area contributed by atoms with Gasteiger partial charge >= 0.3 is 0 Å². The maximum atomic E-state index is 12.4. The molecule has 1 aliphatic heterocycles. The minimum atomic E-state index is -3.51. The first-order valence-corrected chi connectivity index (χ1v) is 9.83. The van der Waals surface area contributed by atoms with Crippen LogP contribution in [0.15, 0.2) is 29.2 Å². The summed E-state index contributed by atoms with van der Waals surface area (Å²) in [7, 11) is -0.540. The largest absolute Gasteiger partial charge is 0.381 e.